The molecule has 1 amide bonds. The second-order valence-electron chi connectivity index (χ2n) is 5.02. The normalized spacial score (nSPS) is 16.8. The molecule has 1 unspecified atom stereocenters. The van der Waals surface area contributed by atoms with Gasteiger partial charge in [0.1, 0.15) is 0 Å². The van der Waals surface area contributed by atoms with Crippen LogP contribution in [-0.2, 0) is 4.74 Å². The molecule has 1 saturated heterocycles. The van der Waals surface area contributed by atoms with Crippen LogP contribution in [0.1, 0.15) is 15.9 Å². The third-order valence-corrected chi connectivity index (χ3v) is 3.48. The molecule has 1 aliphatic rings. The number of ether oxygens (including phenoxy) is 1. The molecule has 0 aromatic heterocycles. The van der Waals surface area contributed by atoms with Crippen molar-refractivity contribution in [1.29, 1.82) is 0 Å². The van der Waals surface area contributed by atoms with Gasteiger partial charge in [0.25, 0.3) is 5.91 Å². The van der Waals surface area contributed by atoms with Crippen LogP contribution in [0, 0.1) is 6.92 Å². The van der Waals surface area contributed by atoms with Crippen molar-refractivity contribution >= 4 is 11.6 Å². The lowest BCUT2D eigenvalue weighted by Gasteiger charge is -2.23. The maximum absolute atomic E-state index is 12.8. The fourth-order valence-electron chi connectivity index (χ4n) is 2.25. The number of benzene rings is 2. The van der Waals surface area contributed by atoms with E-state index in [1.165, 1.54) is 0 Å². The molecule has 0 N–H and O–H groups in total. The van der Waals surface area contributed by atoms with Gasteiger partial charge in [-0.15, -0.1) is 0 Å². The average Bonchev–Trinajstić information content (AvgIpc) is 3.30. The molecular formula is C17H17NO2. The Morgan fingerprint density at radius 1 is 1.15 bits per heavy atom. The number of nitrogens with zero attached hydrogens (tertiary/aromatic N) is 1. The summed E-state index contributed by atoms with van der Waals surface area (Å²) in [6.45, 7) is 3.31. The molecule has 3 rings (SSSR count). The first kappa shape index (κ1) is 12.9. The summed E-state index contributed by atoms with van der Waals surface area (Å²) >= 11 is 0. The number of anilines is 1. The number of carbonyl (C=O) groups excluding carboxylic acids is 1. The molecular weight excluding hydrogens is 250 g/mol. The molecule has 3 heteroatoms. The minimum Gasteiger partial charge on any atom is -0.371 e. The number of amides is 1. The van der Waals surface area contributed by atoms with Crippen molar-refractivity contribution < 1.29 is 9.53 Å². The van der Waals surface area contributed by atoms with Crippen LogP contribution in [0.25, 0.3) is 0 Å². The van der Waals surface area contributed by atoms with Gasteiger partial charge in [-0.1, -0.05) is 36.4 Å². The first-order chi connectivity index (χ1) is 9.75. The molecule has 1 fully saturated rings. The van der Waals surface area contributed by atoms with Gasteiger partial charge in [0.2, 0.25) is 0 Å². The van der Waals surface area contributed by atoms with Gasteiger partial charge in [0.15, 0.2) is 0 Å². The largest absolute Gasteiger partial charge is 0.371 e. The van der Waals surface area contributed by atoms with E-state index in [4.69, 9.17) is 4.74 Å². The quantitative estimate of drug-likeness (QED) is 0.798. The fraction of sp³-hybridized carbons (Fsp3) is 0.235. The Kier molecular flexibility index (Phi) is 3.52. The number of hydrogen-bond acceptors (Lipinski definition) is 2. The van der Waals surface area contributed by atoms with Gasteiger partial charge in [0, 0.05) is 11.3 Å². The summed E-state index contributed by atoms with van der Waals surface area (Å²) in [4.78, 5) is 14.6. The molecule has 1 atom stereocenters. The summed E-state index contributed by atoms with van der Waals surface area (Å²) in [5.74, 6) is 0.0322. The van der Waals surface area contributed by atoms with E-state index in [0.717, 1.165) is 23.4 Å². The van der Waals surface area contributed by atoms with Crippen LogP contribution in [0.5, 0.6) is 0 Å². The van der Waals surface area contributed by atoms with Gasteiger partial charge < -0.3 is 9.64 Å². The highest BCUT2D eigenvalue weighted by atomic mass is 16.6. The van der Waals surface area contributed by atoms with Crippen LogP contribution in [0.2, 0.25) is 0 Å². The van der Waals surface area contributed by atoms with Crippen LogP contribution < -0.4 is 4.90 Å². The lowest BCUT2D eigenvalue weighted by atomic mass is 10.1. The fourth-order valence-corrected chi connectivity index (χ4v) is 2.25. The van der Waals surface area contributed by atoms with Crippen molar-refractivity contribution in [2.45, 2.75) is 13.0 Å². The van der Waals surface area contributed by atoms with Crippen LogP contribution in [0.15, 0.2) is 54.6 Å². The first-order valence-electron chi connectivity index (χ1n) is 6.80. The van der Waals surface area contributed by atoms with Crippen molar-refractivity contribution in [3.8, 4) is 0 Å². The Morgan fingerprint density at radius 2 is 1.80 bits per heavy atom. The monoisotopic (exact) mass is 267 g/mol. The van der Waals surface area contributed by atoms with E-state index in [1.54, 1.807) is 4.90 Å². The predicted octanol–water partition coefficient (Wildman–Crippen LogP) is 3.04. The predicted molar refractivity (Wildman–Crippen MR) is 79.0 cm³/mol. The Hall–Kier alpha value is -2.13. The molecule has 0 aliphatic carbocycles. The van der Waals surface area contributed by atoms with Gasteiger partial charge in [-0.05, 0) is 30.7 Å². The molecule has 0 spiro atoms. The highest BCUT2D eigenvalue weighted by Crippen LogP contribution is 2.22. The number of aryl methyl sites for hydroxylation is 1. The molecule has 102 valence electrons. The first-order valence-corrected chi connectivity index (χ1v) is 6.80. The third kappa shape index (κ3) is 2.73. The standard InChI is InChI=1S/C17H17NO2/c1-13-7-5-6-10-16(13)17(19)18(11-15-12-20-15)14-8-3-2-4-9-14/h2-10,15H,11-12H2,1H3. The maximum atomic E-state index is 12.8. The summed E-state index contributed by atoms with van der Waals surface area (Å²) in [5.41, 5.74) is 2.66. The van der Waals surface area contributed by atoms with Gasteiger partial charge >= 0.3 is 0 Å². The molecule has 0 radical (unpaired) electrons. The molecule has 20 heavy (non-hydrogen) atoms. The minimum absolute atomic E-state index is 0.0322. The van der Waals surface area contributed by atoms with Crippen LogP contribution in [0.3, 0.4) is 0 Å². The number of para-hydroxylation sites is 1. The van der Waals surface area contributed by atoms with Crippen LogP contribution in [-0.4, -0.2) is 25.2 Å². The van der Waals surface area contributed by atoms with Crippen molar-refractivity contribution in [2.24, 2.45) is 0 Å². The Labute approximate surface area is 118 Å². The second-order valence-corrected chi connectivity index (χ2v) is 5.02. The van der Waals surface area contributed by atoms with Crippen molar-refractivity contribution in [3.05, 3.63) is 65.7 Å². The Morgan fingerprint density at radius 3 is 2.45 bits per heavy atom. The lowest BCUT2D eigenvalue weighted by Crippen LogP contribution is -2.34. The van der Waals surface area contributed by atoms with E-state index in [0.29, 0.717) is 6.54 Å². The van der Waals surface area contributed by atoms with Crippen LogP contribution in [0.4, 0.5) is 5.69 Å². The van der Waals surface area contributed by atoms with Gasteiger partial charge in [-0.25, -0.2) is 0 Å². The van der Waals surface area contributed by atoms with Crippen molar-refractivity contribution in [1.82, 2.24) is 0 Å². The number of rotatable bonds is 4. The Balaban J connectivity index is 1.93. The topological polar surface area (TPSA) is 32.8 Å². The average molecular weight is 267 g/mol. The van der Waals surface area contributed by atoms with Gasteiger partial charge in [-0.2, -0.15) is 0 Å². The van der Waals surface area contributed by atoms with E-state index in [9.17, 15) is 4.79 Å². The number of carbonyl (C=O) groups is 1. The molecule has 3 nitrogen and oxygen atoms in total. The van der Waals surface area contributed by atoms with Crippen LogP contribution >= 0.6 is 0 Å². The highest BCUT2D eigenvalue weighted by Gasteiger charge is 2.29. The van der Waals surface area contributed by atoms with Gasteiger partial charge in [0.05, 0.1) is 19.3 Å². The number of epoxide rings is 1. The zero-order valence-corrected chi connectivity index (χ0v) is 11.5. The Bertz CT molecular complexity index is 605. The molecule has 2 aromatic carbocycles. The van der Waals surface area contributed by atoms with E-state index in [2.05, 4.69) is 0 Å². The highest BCUT2D eigenvalue weighted by molar-refractivity contribution is 6.07. The SMILES string of the molecule is Cc1ccccc1C(=O)N(CC1CO1)c1ccccc1. The summed E-state index contributed by atoms with van der Waals surface area (Å²) in [6.07, 6.45) is 0.170. The molecule has 0 saturated carbocycles. The maximum Gasteiger partial charge on any atom is 0.258 e. The van der Waals surface area contributed by atoms with Gasteiger partial charge in [-0.3, -0.25) is 4.79 Å². The molecule has 0 bridgehead atoms. The second kappa shape index (κ2) is 5.47. The zero-order chi connectivity index (χ0) is 13.9. The third-order valence-electron chi connectivity index (χ3n) is 3.48. The zero-order valence-electron chi connectivity index (χ0n) is 11.5. The molecule has 1 aliphatic heterocycles. The van der Waals surface area contributed by atoms with E-state index in [-0.39, 0.29) is 12.0 Å². The summed E-state index contributed by atoms with van der Waals surface area (Å²) in [5, 5.41) is 0. The lowest BCUT2D eigenvalue weighted by molar-refractivity contribution is 0.0984. The smallest absolute Gasteiger partial charge is 0.258 e. The molecule has 1 heterocycles. The summed E-state index contributed by atoms with van der Waals surface area (Å²) < 4.78 is 5.28. The summed E-state index contributed by atoms with van der Waals surface area (Å²) in [6, 6.07) is 17.4. The molecule has 2 aromatic rings. The summed E-state index contributed by atoms with van der Waals surface area (Å²) in [7, 11) is 0. The number of hydrogen-bond donors (Lipinski definition) is 0. The van der Waals surface area contributed by atoms with E-state index >= 15 is 0 Å². The van der Waals surface area contributed by atoms with E-state index in [1.807, 2.05) is 61.5 Å². The minimum atomic E-state index is 0.0322. The van der Waals surface area contributed by atoms with E-state index < -0.39 is 0 Å². The van der Waals surface area contributed by atoms with Crippen molar-refractivity contribution in [2.75, 3.05) is 18.1 Å². The van der Waals surface area contributed by atoms with Crippen molar-refractivity contribution in [3.63, 3.8) is 0 Å².